The molecule has 25 heavy (non-hydrogen) atoms. The fraction of sp³-hybridized carbons (Fsp3) is 0.435. The van der Waals surface area contributed by atoms with Gasteiger partial charge in [0.15, 0.2) is 5.78 Å². The van der Waals surface area contributed by atoms with E-state index in [2.05, 4.69) is 31.2 Å². The van der Waals surface area contributed by atoms with Crippen LogP contribution in [0.3, 0.4) is 0 Å². The first-order valence-electron chi connectivity index (χ1n) is 9.42. The van der Waals surface area contributed by atoms with E-state index in [4.69, 9.17) is 4.74 Å². The minimum Gasteiger partial charge on any atom is -0.497 e. The topological polar surface area (TPSA) is 26.3 Å². The van der Waals surface area contributed by atoms with Crippen molar-refractivity contribution in [1.82, 2.24) is 0 Å². The van der Waals surface area contributed by atoms with Crippen LogP contribution in [0.1, 0.15) is 60.0 Å². The molecule has 1 spiro atoms. The number of ether oxygens (including phenoxy) is 1. The zero-order valence-corrected chi connectivity index (χ0v) is 15.1. The highest BCUT2D eigenvalue weighted by Gasteiger charge is 2.52. The number of Topliss-reactive ketones (excluding diaryl/α,β-unsaturated/α-hetero) is 1. The fourth-order valence-electron chi connectivity index (χ4n) is 5.27. The van der Waals surface area contributed by atoms with Crippen molar-refractivity contribution in [2.45, 2.75) is 44.9 Å². The maximum absolute atomic E-state index is 13.4. The summed E-state index contributed by atoms with van der Waals surface area (Å²) in [7, 11) is 1.69. The lowest BCUT2D eigenvalue weighted by Gasteiger charge is -2.46. The molecule has 2 aromatic rings. The van der Waals surface area contributed by atoms with Gasteiger partial charge in [0.25, 0.3) is 0 Å². The third-order valence-electron chi connectivity index (χ3n) is 6.70. The number of hydrogen-bond donors (Lipinski definition) is 0. The average molecular weight is 334 g/mol. The summed E-state index contributed by atoms with van der Waals surface area (Å²) in [5, 5.41) is 0. The summed E-state index contributed by atoms with van der Waals surface area (Å²) in [6, 6.07) is 16.5. The Bertz CT molecular complexity index is 769. The zero-order valence-electron chi connectivity index (χ0n) is 15.1. The Hall–Kier alpha value is -2.09. The van der Waals surface area contributed by atoms with Crippen molar-refractivity contribution in [3.8, 4) is 5.75 Å². The van der Waals surface area contributed by atoms with Crippen LogP contribution in [0.25, 0.3) is 0 Å². The van der Waals surface area contributed by atoms with Crippen molar-refractivity contribution >= 4 is 5.78 Å². The van der Waals surface area contributed by atoms with Gasteiger partial charge in [-0.25, -0.2) is 0 Å². The van der Waals surface area contributed by atoms with Gasteiger partial charge in [-0.15, -0.1) is 0 Å². The Morgan fingerprint density at radius 1 is 1.04 bits per heavy atom. The van der Waals surface area contributed by atoms with E-state index in [0.29, 0.717) is 11.7 Å². The van der Waals surface area contributed by atoms with Crippen LogP contribution in [0.15, 0.2) is 48.5 Å². The minimum atomic E-state index is 0.0910. The van der Waals surface area contributed by atoms with Gasteiger partial charge in [0.1, 0.15) is 5.75 Å². The lowest BCUT2D eigenvalue weighted by Crippen LogP contribution is -2.43. The maximum Gasteiger partial charge on any atom is 0.167 e. The van der Waals surface area contributed by atoms with Crippen LogP contribution in [-0.4, -0.2) is 12.9 Å². The summed E-state index contributed by atoms with van der Waals surface area (Å²) >= 11 is 0. The number of benzene rings is 2. The normalized spacial score (nSPS) is 24.3. The highest BCUT2D eigenvalue weighted by atomic mass is 16.5. The van der Waals surface area contributed by atoms with E-state index < -0.39 is 0 Å². The van der Waals surface area contributed by atoms with Gasteiger partial charge in [-0.2, -0.15) is 0 Å². The second kappa shape index (κ2) is 6.33. The minimum absolute atomic E-state index is 0.0910. The summed E-state index contributed by atoms with van der Waals surface area (Å²) in [6.45, 7) is 2.34. The van der Waals surface area contributed by atoms with E-state index >= 15 is 0 Å². The van der Waals surface area contributed by atoms with Crippen LogP contribution in [-0.2, 0) is 6.42 Å². The first-order chi connectivity index (χ1) is 12.2. The predicted octanol–water partition coefficient (Wildman–Crippen LogP) is 5.41. The smallest absolute Gasteiger partial charge is 0.167 e. The Morgan fingerprint density at radius 2 is 1.72 bits per heavy atom. The Kier molecular flexibility index (Phi) is 4.15. The molecule has 0 aromatic heterocycles. The molecule has 0 radical (unpaired) electrons. The molecule has 2 atom stereocenters. The van der Waals surface area contributed by atoms with E-state index in [1.807, 2.05) is 24.3 Å². The molecule has 4 rings (SSSR count). The molecule has 2 unspecified atom stereocenters. The fourth-order valence-corrected chi connectivity index (χ4v) is 5.27. The molecule has 2 heteroatoms. The Balaban J connectivity index is 1.74. The molecular weight excluding hydrogens is 308 g/mol. The van der Waals surface area contributed by atoms with Gasteiger partial charge in [0.05, 0.1) is 7.11 Å². The van der Waals surface area contributed by atoms with Gasteiger partial charge < -0.3 is 4.74 Å². The third kappa shape index (κ3) is 2.59. The van der Waals surface area contributed by atoms with Crippen molar-refractivity contribution in [3.63, 3.8) is 0 Å². The van der Waals surface area contributed by atoms with Crippen molar-refractivity contribution < 1.29 is 9.53 Å². The number of rotatable bonds is 3. The highest BCUT2D eigenvalue weighted by Crippen LogP contribution is 2.58. The summed E-state index contributed by atoms with van der Waals surface area (Å²) in [4.78, 5) is 13.4. The summed E-state index contributed by atoms with van der Waals surface area (Å²) in [5.41, 5.74) is 3.58. The van der Waals surface area contributed by atoms with E-state index in [9.17, 15) is 4.79 Å². The predicted molar refractivity (Wildman–Crippen MR) is 100 cm³/mol. The summed E-state index contributed by atoms with van der Waals surface area (Å²) < 4.78 is 5.27. The van der Waals surface area contributed by atoms with Gasteiger partial charge in [-0.3, -0.25) is 4.79 Å². The van der Waals surface area contributed by atoms with Gasteiger partial charge in [-0.05, 0) is 53.9 Å². The van der Waals surface area contributed by atoms with E-state index in [0.717, 1.165) is 17.7 Å². The van der Waals surface area contributed by atoms with E-state index in [-0.39, 0.29) is 11.3 Å². The van der Waals surface area contributed by atoms with Crippen molar-refractivity contribution in [2.24, 2.45) is 11.3 Å². The molecule has 0 heterocycles. The van der Waals surface area contributed by atoms with Crippen LogP contribution in [0.5, 0.6) is 5.75 Å². The SMILES string of the molecule is COc1ccc(CC2C(=O)c3ccccc3C(C)C23CCCC3)cc1. The lowest BCUT2D eigenvalue weighted by molar-refractivity contribution is 0.0628. The molecule has 2 nitrogen and oxygen atoms in total. The lowest BCUT2D eigenvalue weighted by atomic mass is 9.56. The van der Waals surface area contributed by atoms with Crippen LogP contribution in [0.4, 0.5) is 0 Å². The van der Waals surface area contributed by atoms with Crippen molar-refractivity contribution in [3.05, 3.63) is 65.2 Å². The van der Waals surface area contributed by atoms with Crippen molar-refractivity contribution in [1.29, 1.82) is 0 Å². The number of fused-ring (bicyclic) bond motifs is 1. The molecule has 1 saturated carbocycles. The molecule has 1 fully saturated rings. The number of carbonyl (C=O) groups excluding carboxylic acids is 1. The van der Waals surface area contributed by atoms with Gasteiger partial charge in [0, 0.05) is 11.5 Å². The number of hydrogen-bond acceptors (Lipinski definition) is 2. The largest absolute Gasteiger partial charge is 0.497 e. The molecule has 2 aliphatic carbocycles. The van der Waals surface area contributed by atoms with Crippen LogP contribution < -0.4 is 4.74 Å². The first kappa shape index (κ1) is 16.4. The molecule has 130 valence electrons. The Morgan fingerprint density at radius 3 is 2.40 bits per heavy atom. The monoisotopic (exact) mass is 334 g/mol. The zero-order chi connectivity index (χ0) is 17.4. The average Bonchev–Trinajstić information content (AvgIpc) is 3.15. The molecule has 0 bridgehead atoms. The van der Waals surface area contributed by atoms with Crippen LogP contribution in [0.2, 0.25) is 0 Å². The van der Waals surface area contributed by atoms with Gasteiger partial charge in [-0.1, -0.05) is 56.2 Å². The molecule has 0 saturated heterocycles. The standard InChI is InChI=1S/C23H26O2/c1-16-19-7-3-4-8-20(19)22(24)21(23(16)13-5-6-14-23)15-17-9-11-18(25-2)12-10-17/h3-4,7-12,16,21H,5-6,13-15H2,1-2H3. The highest BCUT2D eigenvalue weighted by molar-refractivity contribution is 6.01. The van der Waals surface area contributed by atoms with Crippen molar-refractivity contribution in [2.75, 3.05) is 7.11 Å². The van der Waals surface area contributed by atoms with Crippen LogP contribution in [0, 0.1) is 11.3 Å². The number of ketones is 1. The second-order valence-electron chi connectivity index (χ2n) is 7.72. The second-order valence-corrected chi connectivity index (χ2v) is 7.72. The quantitative estimate of drug-likeness (QED) is 0.750. The Labute approximate surface area is 150 Å². The number of carbonyl (C=O) groups is 1. The first-order valence-corrected chi connectivity index (χ1v) is 9.42. The summed E-state index contributed by atoms with van der Waals surface area (Å²) in [5.74, 6) is 1.76. The van der Waals surface area contributed by atoms with Crippen LogP contribution >= 0.6 is 0 Å². The third-order valence-corrected chi connectivity index (χ3v) is 6.70. The molecule has 2 aromatic carbocycles. The van der Waals surface area contributed by atoms with E-state index in [1.54, 1.807) is 7.11 Å². The molecular formula is C23H26O2. The van der Waals surface area contributed by atoms with E-state index in [1.165, 1.54) is 36.8 Å². The van der Waals surface area contributed by atoms with Gasteiger partial charge >= 0.3 is 0 Å². The maximum atomic E-state index is 13.4. The number of methoxy groups -OCH3 is 1. The van der Waals surface area contributed by atoms with Gasteiger partial charge in [0.2, 0.25) is 0 Å². The molecule has 0 aliphatic heterocycles. The molecule has 0 amide bonds. The molecule has 2 aliphatic rings. The molecule has 0 N–H and O–H groups in total. The summed E-state index contributed by atoms with van der Waals surface area (Å²) in [6.07, 6.45) is 5.68.